The summed E-state index contributed by atoms with van der Waals surface area (Å²) in [6, 6.07) is 63.2. The number of benzene rings is 9. The average molecular weight is 623 g/mol. The van der Waals surface area contributed by atoms with E-state index in [1.807, 2.05) is 0 Å². The summed E-state index contributed by atoms with van der Waals surface area (Å²) in [5.41, 5.74) is 13.1. The van der Waals surface area contributed by atoms with Gasteiger partial charge in [-0.1, -0.05) is 159 Å². The summed E-state index contributed by atoms with van der Waals surface area (Å²) in [5.74, 6) is 0. The van der Waals surface area contributed by atoms with E-state index < -0.39 is 0 Å². The molecule has 0 heteroatoms. The lowest BCUT2D eigenvalue weighted by Gasteiger charge is -2.22. The molecular weight excluding hydrogens is 589 g/mol. The predicted molar refractivity (Wildman–Crippen MR) is 210 cm³/mol. The van der Waals surface area contributed by atoms with Crippen molar-refractivity contribution in [3.05, 3.63) is 181 Å². The van der Waals surface area contributed by atoms with Crippen LogP contribution in [0.5, 0.6) is 0 Å². The highest BCUT2D eigenvalue weighted by molar-refractivity contribution is 6.17. The molecule has 0 aromatic heterocycles. The first-order valence-electron chi connectivity index (χ1n) is 17.3. The first-order chi connectivity index (χ1) is 24.0. The Labute approximate surface area is 286 Å². The molecule has 0 N–H and O–H groups in total. The van der Waals surface area contributed by atoms with Crippen LogP contribution in [-0.4, -0.2) is 0 Å². The van der Waals surface area contributed by atoms with Crippen molar-refractivity contribution in [2.24, 2.45) is 0 Å². The minimum Gasteiger partial charge on any atom is -0.0619 e. The molecule has 0 fully saturated rings. The van der Waals surface area contributed by atoms with Crippen LogP contribution in [0, 0.1) is 0 Å². The van der Waals surface area contributed by atoms with Gasteiger partial charge >= 0.3 is 0 Å². The second kappa shape index (κ2) is 10.5. The van der Waals surface area contributed by atoms with Gasteiger partial charge in [-0.2, -0.15) is 0 Å². The standard InChI is InChI=1S/C49H34/c1-49(2)47-20-8-7-15-44(47)45-26-25-33(30-48(45)49)32-23-21-31-22-24-35(28-36(31)27-32)38-16-9-18-41-40(38)17-10-19-43(41)46-29-34-11-3-4-12-37(34)39-13-5-6-14-42(39)46/h3-30H,1-2H3. The molecule has 0 aliphatic heterocycles. The van der Waals surface area contributed by atoms with Crippen LogP contribution in [0.4, 0.5) is 0 Å². The Morgan fingerprint density at radius 1 is 0.286 bits per heavy atom. The van der Waals surface area contributed by atoms with Crippen molar-refractivity contribution >= 4 is 43.1 Å². The van der Waals surface area contributed by atoms with Gasteiger partial charge in [-0.05, 0) is 123 Å². The molecule has 1 aliphatic rings. The van der Waals surface area contributed by atoms with Crippen molar-refractivity contribution in [2.75, 3.05) is 0 Å². The van der Waals surface area contributed by atoms with E-state index in [1.165, 1.54) is 98.7 Å². The molecule has 1 aliphatic carbocycles. The summed E-state index contributed by atoms with van der Waals surface area (Å²) in [5, 5.41) is 10.2. The molecule has 0 atom stereocenters. The van der Waals surface area contributed by atoms with E-state index in [9.17, 15) is 0 Å². The molecular formula is C49H34. The van der Waals surface area contributed by atoms with E-state index in [2.05, 4.69) is 184 Å². The average Bonchev–Trinajstić information content (AvgIpc) is 3.39. The molecule has 0 spiro atoms. The molecule has 10 rings (SSSR count). The molecule has 0 amide bonds. The molecule has 0 heterocycles. The fourth-order valence-electron chi connectivity index (χ4n) is 8.55. The van der Waals surface area contributed by atoms with Crippen molar-refractivity contribution in [1.29, 1.82) is 0 Å². The monoisotopic (exact) mass is 622 g/mol. The maximum Gasteiger partial charge on any atom is 0.0159 e. The Morgan fingerprint density at radius 2 is 0.837 bits per heavy atom. The summed E-state index contributed by atoms with van der Waals surface area (Å²) >= 11 is 0. The zero-order valence-corrected chi connectivity index (χ0v) is 27.7. The van der Waals surface area contributed by atoms with E-state index in [4.69, 9.17) is 0 Å². The fourth-order valence-corrected chi connectivity index (χ4v) is 8.55. The Balaban J connectivity index is 1.10. The molecule has 0 saturated carbocycles. The maximum absolute atomic E-state index is 2.42. The van der Waals surface area contributed by atoms with Gasteiger partial charge in [0.2, 0.25) is 0 Å². The summed E-state index contributed by atoms with van der Waals surface area (Å²) in [7, 11) is 0. The van der Waals surface area contributed by atoms with Gasteiger partial charge in [0, 0.05) is 5.41 Å². The lowest BCUT2D eigenvalue weighted by atomic mass is 9.81. The quantitative estimate of drug-likeness (QED) is 0.172. The molecule has 0 bridgehead atoms. The van der Waals surface area contributed by atoms with Gasteiger partial charge in [0.25, 0.3) is 0 Å². The molecule has 49 heavy (non-hydrogen) atoms. The van der Waals surface area contributed by atoms with E-state index in [1.54, 1.807) is 0 Å². The molecule has 9 aromatic carbocycles. The van der Waals surface area contributed by atoms with Crippen LogP contribution in [0.2, 0.25) is 0 Å². The van der Waals surface area contributed by atoms with Crippen LogP contribution in [0.3, 0.4) is 0 Å². The van der Waals surface area contributed by atoms with Crippen molar-refractivity contribution in [1.82, 2.24) is 0 Å². The van der Waals surface area contributed by atoms with Crippen LogP contribution in [0.1, 0.15) is 25.0 Å². The normalized spacial score (nSPS) is 13.3. The molecule has 230 valence electrons. The van der Waals surface area contributed by atoms with Crippen LogP contribution in [0.15, 0.2) is 170 Å². The van der Waals surface area contributed by atoms with Crippen LogP contribution in [0.25, 0.3) is 87.6 Å². The first kappa shape index (κ1) is 28.1. The predicted octanol–water partition coefficient (Wildman–Crippen LogP) is 13.6. The maximum atomic E-state index is 2.42. The lowest BCUT2D eigenvalue weighted by Crippen LogP contribution is -2.14. The minimum absolute atomic E-state index is 0.0156. The number of hydrogen-bond acceptors (Lipinski definition) is 0. The molecule has 9 aromatic rings. The highest BCUT2D eigenvalue weighted by Gasteiger charge is 2.35. The Hall–Kier alpha value is -5.98. The van der Waals surface area contributed by atoms with Gasteiger partial charge in [0.15, 0.2) is 0 Å². The van der Waals surface area contributed by atoms with Crippen LogP contribution in [-0.2, 0) is 5.41 Å². The Kier molecular flexibility index (Phi) is 6.02. The number of hydrogen-bond donors (Lipinski definition) is 0. The van der Waals surface area contributed by atoms with E-state index in [-0.39, 0.29) is 5.41 Å². The highest BCUT2D eigenvalue weighted by Crippen LogP contribution is 2.49. The van der Waals surface area contributed by atoms with Gasteiger partial charge in [-0.3, -0.25) is 0 Å². The van der Waals surface area contributed by atoms with Crippen LogP contribution >= 0.6 is 0 Å². The zero-order valence-electron chi connectivity index (χ0n) is 27.7. The van der Waals surface area contributed by atoms with E-state index >= 15 is 0 Å². The minimum atomic E-state index is -0.0156. The number of rotatable bonds is 3. The second-order valence-corrected chi connectivity index (χ2v) is 14.1. The van der Waals surface area contributed by atoms with Crippen molar-refractivity contribution in [3.63, 3.8) is 0 Å². The summed E-state index contributed by atoms with van der Waals surface area (Å²) in [6.07, 6.45) is 0. The van der Waals surface area contributed by atoms with Gasteiger partial charge in [-0.25, -0.2) is 0 Å². The fraction of sp³-hybridized carbons (Fsp3) is 0.0612. The second-order valence-electron chi connectivity index (χ2n) is 14.1. The zero-order chi connectivity index (χ0) is 32.7. The summed E-state index contributed by atoms with van der Waals surface area (Å²) in [4.78, 5) is 0. The highest BCUT2D eigenvalue weighted by atomic mass is 14.4. The molecule has 0 saturated heterocycles. The van der Waals surface area contributed by atoms with Crippen molar-refractivity contribution in [2.45, 2.75) is 19.3 Å². The third-order valence-electron chi connectivity index (χ3n) is 11.0. The van der Waals surface area contributed by atoms with Gasteiger partial charge in [0.1, 0.15) is 0 Å². The smallest absolute Gasteiger partial charge is 0.0159 e. The summed E-state index contributed by atoms with van der Waals surface area (Å²) in [6.45, 7) is 4.71. The molecule has 0 nitrogen and oxygen atoms in total. The first-order valence-corrected chi connectivity index (χ1v) is 17.3. The third kappa shape index (κ3) is 4.24. The molecule has 0 unspecified atom stereocenters. The van der Waals surface area contributed by atoms with E-state index in [0.717, 1.165) is 0 Å². The van der Waals surface area contributed by atoms with Crippen molar-refractivity contribution in [3.8, 4) is 44.5 Å². The van der Waals surface area contributed by atoms with Crippen LogP contribution < -0.4 is 0 Å². The third-order valence-corrected chi connectivity index (χ3v) is 11.0. The lowest BCUT2D eigenvalue weighted by molar-refractivity contribution is 0.660. The Bertz CT molecular complexity index is 2800. The Morgan fingerprint density at radius 3 is 1.69 bits per heavy atom. The van der Waals surface area contributed by atoms with Gasteiger partial charge in [-0.15, -0.1) is 0 Å². The largest absolute Gasteiger partial charge is 0.0619 e. The van der Waals surface area contributed by atoms with E-state index in [0.29, 0.717) is 0 Å². The summed E-state index contributed by atoms with van der Waals surface area (Å²) < 4.78 is 0. The molecule has 0 radical (unpaired) electrons. The SMILES string of the molecule is CC1(C)c2ccccc2-c2ccc(-c3ccc4ccc(-c5cccc6c(-c7cc8ccccc8c8ccccc78)cccc56)cc4c3)cc21. The van der Waals surface area contributed by atoms with Crippen molar-refractivity contribution < 1.29 is 0 Å². The van der Waals surface area contributed by atoms with Gasteiger partial charge in [0.05, 0.1) is 0 Å². The topological polar surface area (TPSA) is 0 Å². The van der Waals surface area contributed by atoms with Gasteiger partial charge < -0.3 is 0 Å². The number of fused-ring (bicyclic) bond motifs is 8.